The minimum atomic E-state index is -4.65. The molecular weight excluding hydrogens is 348 g/mol. The Morgan fingerprint density at radius 3 is 2.50 bits per heavy atom. The Labute approximate surface area is 140 Å². The van der Waals surface area contributed by atoms with Gasteiger partial charge in [-0.2, -0.15) is 13.2 Å². The molecule has 0 bridgehead atoms. The van der Waals surface area contributed by atoms with Crippen molar-refractivity contribution in [2.75, 3.05) is 17.2 Å². The number of amides is 1. The van der Waals surface area contributed by atoms with Gasteiger partial charge in [-0.3, -0.25) is 4.79 Å². The van der Waals surface area contributed by atoms with E-state index in [9.17, 15) is 22.4 Å². The van der Waals surface area contributed by atoms with Crippen LogP contribution in [-0.2, 0) is 11.0 Å². The van der Waals surface area contributed by atoms with Crippen LogP contribution >= 0.6 is 11.6 Å². The number of nitrogens with one attached hydrogen (secondary N) is 2. The summed E-state index contributed by atoms with van der Waals surface area (Å²) in [5.74, 6) is -1.19. The normalized spacial score (nSPS) is 11.2. The molecule has 0 fully saturated rings. The first-order valence-corrected chi connectivity index (χ1v) is 7.21. The predicted octanol–water partition coefficient (Wildman–Crippen LogP) is 4.86. The first-order valence-electron chi connectivity index (χ1n) is 6.83. The Morgan fingerprint density at radius 2 is 1.83 bits per heavy atom. The first-order chi connectivity index (χ1) is 11.2. The molecular formula is C16H13ClF4N2O. The van der Waals surface area contributed by atoms with Crippen LogP contribution < -0.4 is 10.6 Å². The van der Waals surface area contributed by atoms with E-state index >= 15 is 0 Å². The molecule has 24 heavy (non-hydrogen) atoms. The molecule has 2 aromatic carbocycles. The molecule has 3 nitrogen and oxygen atoms in total. The summed E-state index contributed by atoms with van der Waals surface area (Å²) in [7, 11) is 0. The zero-order valence-corrected chi connectivity index (χ0v) is 13.2. The summed E-state index contributed by atoms with van der Waals surface area (Å²) in [4.78, 5) is 11.9. The van der Waals surface area contributed by atoms with E-state index in [2.05, 4.69) is 10.6 Å². The third-order valence-electron chi connectivity index (χ3n) is 3.20. The van der Waals surface area contributed by atoms with Crippen LogP contribution in [-0.4, -0.2) is 12.5 Å². The number of benzene rings is 2. The van der Waals surface area contributed by atoms with Crippen molar-refractivity contribution in [3.63, 3.8) is 0 Å². The fourth-order valence-corrected chi connectivity index (χ4v) is 2.19. The van der Waals surface area contributed by atoms with E-state index < -0.39 is 29.2 Å². The van der Waals surface area contributed by atoms with Crippen LogP contribution in [0.5, 0.6) is 0 Å². The second-order valence-electron chi connectivity index (χ2n) is 5.05. The molecule has 2 rings (SSSR count). The maximum atomic E-state index is 13.2. The average Bonchev–Trinajstić information content (AvgIpc) is 2.49. The van der Waals surface area contributed by atoms with Crippen molar-refractivity contribution in [2.24, 2.45) is 0 Å². The Balaban J connectivity index is 2.09. The molecule has 0 saturated carbocycles. The molecule has 2 aromatic rings. The van der Waals surface area contributed by atoms with Crippen molar-refractivity contribution in [1.29, 1.82) is 0 Å². The van der Waals surface area contributed by atoms with Crippen LogP contribution in [0.25, 0.3) is 0 Å². The molecule has 128 valence electrons. The quantitative estimate of drug-likeness (QED) is 0.765. The van der Waals surface area contributed by atoms with Gasteiger partial charge in [-0.15, -0.1) is 0 Å². The molecule has 0 aliphatic carbocycles. The number of aryl methyl sites for hydroxylation is 1. The summed E-state index contributed by atoms with van der Waals surface area (Å²) in [6.45, 7) is 1.39. The lowest BCUT2D eigenvalue weighted by Crippen LogP contribution is -2.23. The number of anilines is 2. The highest BCUT2D eigenvalue weighted by Crippen LogP contribution is 2.36. The highest BCUT2D eigenvalue weighted by atomic mass is 35.5. The van der Waals surface area contributed by atoms with E-state index in [1.165, 1.54) is 24.3 Å². The van der Waals surface area contributed by atoms with Crippen molar-refractivity contribution in [2.45, 2.75) is 13.1 Å². The molecule has 1 amide bonds. The second-order valence-corrected chi connectivity index (χ2v) is 5.49. The van der Waals surface area contributed by atoms with Gasteiger partial charge in [-0.25, -0.2) is 4.39 Å². The Bertz CT molecular complexity index is 762. The summed E-state index contributed by atoms with van der Waals surface area (Å²) >= 11 is 5.57. The summed E-state index contributed by atoms with van der Waals surface area (Å²) in [5, 5.41) is 4.77. The number of carbonyl (C=O) groups is 1. The topological polar surface area (TPSA) is 41.1 Å². The Morgan fingerprint density at radius 1 is 1.12 bits per heavy atom. The second kappa shape index (κ2) is 7.09. The molecule has 0 spiro atoms. The van der Waals surface area contributed by atoms with Gasteiger partial charge in [0.1, 0.15) is 5.82 Å². The summed E-state index contributed by atoms with van der Waals surface area (Å²) in [6.07, 6.45) is -4.65. The van der Waals surface area contributed by atoms with Crippen LogP contribution in [0.15, 0.2) is 36.4 Å². The lowest BCUT2D eigenvalue weighted by molar-refractivity contribution is -0.137. The van der Waals surface area contributed by atoms with Crippen LogP contribution in [0, 0.1) is 12.7 Å². The van der Waals surface area contributed by atoms with Crippen LogP contribution in [0.3, 0.4) is 0 Å². The molecule has 0 aliphatic heterocycles. The molecule has 0 aliphatic rings. The van der Waals surface area contributed by atoms with E-state index in [1.807, 2.05) is 0 Å². The van der Waals surface area contributed by atoms with Gasteiger partial charge in [0.05, 0.1) is 17.8 Å². The van der Waals surface area contributed by atoms with E-state index in [-0.39, 0.29) is 11.6 Å². The summed E-state index contributed by atoms with van der Waals surface area (Å²) < 4.78 is 52.0. The van der Waals surface area contributed by atoms with Gasteiger partial charge in [0, 0.05) is 10.7 Å². The van der Waals surface area contributed by atoms with Gasteiger partial charge in [0.15, 0.2) is 0 Å². The van der Waals surface area contributed by atoms with Gasteiger partial charge >= 0.3 is 6.18 Å². The smallest absolute Gasteiger partial charge is 0.376 e. The molecule has 0 saturated heterocycles. The number of hydrogen-bond donors (Lipinski definition) is 2. The fourth-order valence-electron chi connectivity index (χ4n) is 2.01. The van der Waals surface area contributed by atoms with Gasteiger partial charge in [0.2, 0.25) is 5.91 Å². The maximum absolute atomic E-state index is 13.2. The van der Waals surface area contributed by atoms with Crippen molar-refractivity contribution in [1.82, 2.24) is 0 Å². The van der Waals surface area contributed by atoms with E-state index in [4.69, 9.17) is 11.6 Å². The average molecular weight is 361 g/mol. The predicted molar refractivity (Wildman–Crippen MR) is 84.7 cm³/mol. The third-order valence-corrected chi connectivity index (χ3v) is 3.44. The number of rotatable bonds is 4. The van der Waals surface area contributed by atoms with Gasteiger partial charge < -0.3 is 10.6 Å². The molecule has 0 radical (unpaired) electrons. The zero-order valence-electron chi connectivity index (χ0n) is 12.5. The highest BCUT2D eigenvalue weighted by molar-refractivity contribution is 6.30. The zero-order chi connectivity index (χ0) is 17.9. The fraction of sp³-hybridized carbons (Fsp3) is 0.188. The molecule has 2 N–H and O–H groups in total. The van der Waals surface area contributed by atoms with Gasteiger partial charge in [0.25, 0.3) is 0 Å². The number of carbonyl (C=O) groups excluding carboxylic acids is 1. The van der Waals surface area contributed by atoms with E-state index in [0.717, 1.165) is 12.1 Å². The molecule has 0 aromatic heterocycles. The Kier molecular flexibility index (Phi) is 5.33. The van der Waals surface area contributed by atoms with E-state index in [0.29, 0.717) is 11.3 Å². The summed E-state index contributed by atoms with van der Waals surface area (Å²) in [6, 6.07) is 7.06. The van der Waals surface area contributed by atoms with Crippen molar-refractivity contribution in [3.8, 4) is 0 Å². The Hall–Kier alpha value is -2.28. The minimum absolute atomic E-state index is 0.0890. The van der Waals surface area contributed by atoms with Crippen molar-refractivity contribution >= 4 is 28.9 Å². The largest absolute Gasteiger partial charge is 0.418 e. The third kappa shape index (κ3) is 4.61. The minimum Gasteiger partial charge on any atom is -0.376 e. The molecule has 0 heterocycles. The number of alkyl halides is 3. The van der Waals surface area contributed by atoms with Crippen molar-refractivity contribution < 1.29 is 22.4 Å². The van der Waals surface area contributed by atoms with E-state index in [1.54, 1.807) is 6.92 Å². The van der Waals surface area contributed by atoms with Gasteiger partial charge in [-0.1, -0.05) is 17.7 Å². The maximum Gasteiger partial charge on any atom is 0.418 e. The van der Waals surface area contributed by atoms with Crippen LogP contribution in [0.2, 0.25) is 5.02 Å². The molecule has 0 unspecified atom stereocenters. The first kappa shape index (κ1) is 18.1. The SMILES string of the molecule is Cc1ccc(F)cc1NCC(=O)Nc1ccc(Cl)cc1C(F)(F)F. The van der Waals surface area contributed by atoms with Crippen molar-refractivity contribution in [3.05, 3.63) is 58.4 Å². The molecule has 8 heteroatoms. The van der Waals surface area contributed by atoms with Gasteiger partial charge in [-0.05, 0) is 42.8 Å². The molecule has 0 atom stereocenters. The monoisotopic (exact) mass is 360 g/mol. The lowest BCUT2D eigenvalue weighted by atomic mass is 10.1. The van der Waals surface area contributed by atoms with Crippen LogP contribution in [0.4, 0.5) is 28.9 Å². The standard InChI is InChI=1S/C16H13ClF4N2O/c1-9-2-4-11(18)7-14(9)22-8-15(24)23-13-5-3-10(17)6-12(13)16(19,20)21/h2-7,22H,8H2,1H3,(H,23,24). The highest BCUT2D eigenvalue weighted by Gasteiger charge is 2.34. The summed E-state index contributed by atoms with van der Waals surface area (Å²) in [5.41, 5.74) is -0.344. The van der Waals surface area contributed by atoms with Crippen LogP contribution in [0.1, 0.15) is 11.1 Å². The number of halogens is 5. The lowest BCUT2D eigenvalue weighted by Gasteiger charge is -2.15. The number of hydrogen-bond acceptors (Lipinski definition) is 2.